The van der Waals surface area contributed by atoms with Gasteiger partial charge in [-0.05, 0) is 30.4 Å². The lowest BCUT2D eigenvalue weighted by Crippen LogP contribution is -2.40. The van der Waals surface area contributed by atoms with Gasteiger partial charge in [-0.1, -0.05) is 13.8 Å². The van der Waals surface area contributed by atoms with Crippen molar-refractivity contribution < 1.29 is 9.90 Å². The van der Waals surface area contributed by atoms with Gasteiger partial charge in [-0.15, -0.1) is 0 Å². The van der Waals surface area contributed by atoms with Crippen LogP contribution >= 0.6 is 0 Å². The van der Waals surface area contributed by atoms with Crippen molar-refractivity contribution in [2.24, 2.45) is 11.8 Å². The van der Waals surface area contributed by atoms with Crippen molar-refractivity contribution in [3.05, 3.63) is 23.9 Å². The molecule has 0 radical (unpaired) electrons. The van der Waals surface area contributed by atoms with E-state index in [1.807, 2.05) is 0 Å². The lowest BCUT2D eigenvalue weighted by Gasteiger charge is -2.36. The summed E-state index contributed by atoms with van der Waals surface area (Å²) in [7, 11) is 0. The fraction of sp³-hybridized carbons (Fsp3) is 0.538. The SMILES string of the molecule is C[C@@H]1C[C@@H](C)CN(c2ncccc2C(=O)O)C1. The molecule has 1 saturated heterocycles. The molecule has 1 aliphatic rings. The lowest BCUT2D eigenvalue weighted by molar-refractivity contribution is 0.0697. The zero-order valence-electron chi connectivity index (χ0n) is 10.3. The molecule has 0 unspecified atom stereocenters. The molecule has 0 saturated carbocycles. The zero-order chi connectivity index (χ0) is 12.4. The highest BCUT2D eigenvalue weighted by Gasteiger charge is 2.25. The highest BCUT2D eigenvalue weighted by atomic mass is 16.4. The molecule has 2 atom stereocenters. The van der Waals surface area contributed by atoms with Crippen molar-refractivity contribution in [2.45, 2.75) is 20.3 Å². The number of pyridine rings is 1. The molecular formula is C13H18N2O2. The summed E-state index contributed by atoms with van der Waals surface area (Å²) in [6.45, 7) is 6.18. The van der Waals surface area contributed by atoms with Gasteiger partial charge >= 0.3 is 5.97 Å². The number of piperidine rings is 1. The molecule has 1 aromatic rings. The molecule has 0 spiro atoms. The first-order valence-electron chi connectivity index (χ1n) is 6.01. The van der Waals surface area contributed by atoms with Crippen molar-refractivity contribution in [2.75, 3.05) is 18.0 Å². The number of anilines is 1. The summed E-state index contributed by atoms with van der Waals surface area (Å²) in [5, 5.41) is 9.16. The molecule has 1 fully saturated rings. The van der Waals surface area contributed by atoms with E-state index in [0.717, 1.165) is 13.1 Å². The Hall–Kier alpha value is -1.58. The fourth-order valence-electron chi connectivity index (χ4n) is 2.65. The number of hydrogen-bond acceptors (Lipinski definition) is 3. The highest BCUT2D eigenvalue weighted by molar-refractivity contribution is 5.93. The van der Waals surface area contributed by atoms with Gasteiger partial charge in [-0.2, -0.15) is 0 Å². The van der Waals surface area contributed by atoms with E-state index in [2.05, 4.69) is 23.7 Å². The van der Waals surface area contributed by atoms with Crippen LogP contribution in [0.1, 0.15) is 30.6 Å². The number of nitrogens with zero attached hydrogens (tertiary/aromatic N) is 2. The Morgan fingerprint density at radius 2 is 2.06 bits per heavy atom. The normalized spacial score (nSPS) is 24.7. The Morgan fingerprint density at radius 3 is 2.65 bits per heavy atom. The van der Waals surface area contributed by atoms with Crippen molar-refractivity contribution in [3.63, 3.8) is 0 Å². The number of hydrogen-bond donors (Lipinski definition) is 1. The Kier molecular flexibility index (Phi) is 3.31. The quantitative estimate of drug-likeness (QED) is 0.852. The summed E-state index contributed by atoms with van der Waals surface area (Å²) in [6.07, 6.45) is 2.86. The van der Waals surface area contributed by atoms with Gasteiger partial charge in [0, 0.05) is 19.3 Å². The maximum atomic E-state index is 11.2. The molecule has 17 heavy (non-hydrogen) atoms. The van der Waals surface area contributed by atoms with Crippen LogP contribution in [-0.2, 0) is 0 Å². The second-order valence-corrected chi connectivity index (χ2v) is 5.03. The van der Waals surface area contributed by atoms with Crippen LogP contribution in [0.5, 0.6) is 0 Å². The minimum absolute atomic E-state index is 0.300. The first-order valence-corrected chi connectivity index (χ1v) is 6.01. The van der Waals surface area contributed by atoms with Crippen molar-refractivity contribution in [1.29, 1.82) is 0 Å². The molecule has 1 aliphatic heterocycles. The third kappa shape index (κ3) is 2.57. The number of aromatic carboxylic acids is 1. The Balaban J connectivity index is 2.30. The minimum atomic E-state index is -0.904. The molecule has 2 heterocycles. The van der Waals surface area contributed by atoms with E-state index in [4.69, 9.17) is 5.11 Å². The Bertz CT molecular complexity index is 410. The second-order valence-electron chi connectivity index (χ2n) is 5.03. The smallest absolute Gasteiger partial charge is 0.339 e. The summed E-state index contributed by atoms with van der Waals surface area (Å²) in [6, 6.07) is 3.29. The van der Waals surface area contributed by atoms with Crippen LogP contribution in [0.4, 0.5) is 5.82 Å². The molecule has 1 aromatic heterocycles. The Morgan fingerprint density at radius 1 is 1.41 bits per heavy atom. The molecular weight excluding hydrogens is 216 g/mol. The predicted molar refractivity (Wildman–Crippen MR) is 66.4 cm³/mol. The van der Waals surface area contributed by atoms with Crippen LogP contribution in [-0.4, -0.2) is 29.1 Å². The largest absolute Gasteiger partial charge is 0.478 e. The topological polar surface area (TPSA) is 53.4 Å². The number of carboxylic acids is 1. The minimum Gasteiger partial charge on any atom is -0.478 e. The maximum Gasteiger partial charge on any atom is 0.339 e. The van der Waals surface area contributed by atoms with Crippen LogP contribution in [0, 0.1) is 11.8 Å². The molecule has 4 nitrogen and oxygen atoms in total. The van der Waals surface area contributed by atoms with Gasteiger partial charge in [0.15, 0.2) is 0 Å². The summed E-state index contributed by atoms with van der Waals surface area (Å²) in [4.78, 5) is 17.5. The van der Waals surface area contributed by atoms with Crippen molar-refractivity contribution >= 4 is 11.8 Å². The van der Waals surface area contributed by atoms with Crippen LogP contribution in [0.15, 0.2) is 18.3 Å². The molecule has 0 aromatic carbocycles. The zero-order valence-corrected chi connectivity index (χ0v) is 10.3. The molecule has 0 aliphatic carbocycles. The average Bonchev–Trinajstić information content (AvgIpc) is 2.27. The molecule has 0 amide bonds. The summed E-state index contributed by atoms with van der Waals surface area (Å²) < 4.78 is 0. The predicted octanol–water partition coefficient (Wildman–Crippen LogP) is 2.26. The number of carboxylic acid groups (broad SMARTS) is 1. The van der Waals surface area contributed by atoms with Crippen molar-refractivity contribution in [3.8, 4) is 0 Å². The van der Waals surface area contributed by atoms with Gasteiger partial charge in [0.2, 0.25) is 0 Å². The lowest BCUT2D eigenvalue weighted by atomic mass is 9.91. The fourth-order valence-corrected chi connectivity index (χ4v) is 2.65. The van der Waals surface area contributed by atoms with Gasteiger partial charge in [0.25, 0.3) is 0 Å². The van der Waals surface area contributed by atoms with Crippen LogP contribution in [0.3, 0.4) is 0 Å². The molecule has 1 N–H and O–H groups in total. The second kappa shape index (κ2) is 4.73. The standard InChI is InChI=1S/C13H18N2O2/c1-9-6-10(2)8-15(7-9)12-11(13(16)17)4-3-5-14-12/h3-5,9-10H,6-8H2,1-2H3,(H,16,17)/t9-,10-/m1/s1. The molecule has 92 valence electrons. The third-order valence-corrected chi connectivity index (χ3v) is 3.19. The van der Waals surface area contributed by atoms with Crippen LogP contribution in [0.25, 0.3) is 0 Å². The third-order valence-electron chi connectivity index (χ3n) is 3.19. The van der Waals surface area contributed by atoms with E-state index >= 15 is 0 Å². The van der Waals surface area contributed by atoms with Gasteiger partial charge in [-0.3, -0.25) is 0 Å². The van der Waals surface area contributed by atoms with E-state index in [1.165, 1.54) is 6.42 Å². The van der Waals surface area contributed by atoms with Gasteiger partial charge < -0.3 is 10.0 Å². The molecule has 0 bridgehead atoms. The van der Waals surface area contributed by atoms with Crippen LogP contribution in [0.2, 0.25) is 0 Å². The van der Waals surface area contributed by atoms with E-state index in [-0.39, 0.29) is 0 Å². The van der Waals surface area contributed by atoms with Gasteiger partial charge in [0.05, 0.1) is 0 Å². The van der Waals surface area contributed by atoms with E-state index in [9.17, 15) is 4.79 Å². The molecule has 4 heteroatoms. The van der Waals surface area contributed by atoms with E-state index < -0.39 is 5.97 Å². The number of rotatable bonds is 2. The molecule has 2 rings (SSSR count). The number of aromatic nitrogens is 1. The first-order chi connectivity index (χ1) is 8.08. The van der Waals surface area contributed by atoms with E-state index in [1.54, 1.807) is 18.3 Å². The maximum absolute atomic E-state index is 11.2. The summed E-state index contributed by atoms with van der Waals surface area (Å²) in [5.41, 5.74) is 0.300. The average molecular weight is 234 g/mol. The summed E-state index contributed by atoms with van der Waals surface area (Å²) >= 11 is 0. The monoisotopic (exact) mass is 234 g/mol. The van der Waals surface area contributed by atoms with Crippen molar-refractivity contribution in [1.82, 2.24) is 4.98 Å². The Labute approximate surface area is 101 Å². The van der Waals surface area contributed by atoms with Gasteiger partial charge in [-0.25, -0.2) is 9.78 Å². The van der Waals surface area contributed by atoms with E-state index in [0.29, 0.717) is 23.2 Å². The van der Waals surface area contributed by atoms with Crippen LogP contribution < -0.4 is 4.90 Å². The van der Waals surface area contributed by atoms with Gasteiger partial charge in [0.1, 0.15) is 11.4 Å². The first kappa shape index (κ1) is 11.9. The number of carbonyl (C=O) groups is 1. The summed E-state index contributed by atoms with van der Waals surface area (Å²) in [5.74, 6) is 0.877. The highest BCUT2D eigenvalue weighted by Crippen LogP contribution is 2.26.